The fourth-order valence-electron chi connectivity index (χ4n) is 3.03. The Kier molecular flexibility index (Phi) is 5.10. The lowest BCUT2D eigenvalue weighted by Gasteiger charge is -2.21. The van der Waals surface area contributed by atoms with Crippen LogP contribution in [0.4, 0.5) is 13.2 Å². The van der Waals surface area contributed by atoms with Crippen LogP contribution in [0.15, 0.2) is 24.3 Å². The molecule has 2 aromatic rings. The largest absolute Gasteiger partial charge is 0.573 e. The molecule has 3 rings (SSSR count). The summed E-state index contributed by atoms with van der Waals surface area (Å²) in [5, 5.41) is 4.29. The number of ether oxygens (including phenoxy) is 1. The highest BCUT2D eigenvalue weighted by Crippen LogP contribution is 2.33. The average Bonchev–Trinajstić information content (AvgIpc) is 2.87. The third-order valence-corrected chi connectivity index (χ3v) is 5.39. The number of aryl methyl sites for hydroxylation is 1. The molecule has 0 radical (unpaired) electrons. The third-order valence-electron chi connectivity index (χ3n) is 4.07. The molecule has 1 aromatic heterocycles. The van der Waals surface area contributed by atoms with E-state index in [2.05, 4.69) is 15.0 Å². The van der Waals surface area contributed by atoms with Gasteiger partial charge in [0.2, 0.25) is 0 Å². The van der Waals surface area contributed by atoms with Gasteiger partial charge in [-0.05, 0) is 56.5 Å². The lowest BCUT2D eigenvalue weighted by molar-refractivity contribution is -0.274. The Bertz CT molecular complexity index is 693. The molecular weight excluding hydrogens is 337 g/mol. The van der Waals surface area contributed by atoms with E-state index in [1.807, 2.05) is 6.92 Å². The fourth-order valence-corrected chi connectivity index (χ4v) is 4.30. The number of piperidine rings is 1. The SMILES string of the molecule is Cc1nc(Cc2cccc(OC(F)(F)F)c2)sc1C1CCNCC1. The van der Waals surface area contributed by atoms with Crippen LogP contribution in [0, 0.1) is 6.92 Å². The second-order valence-corrected chi connectivity index (χ2v) is 7.07. The summed E-state index contributed by atoms with van der Waals surface area (Å²) in [6, 6.07) is 6.10. The zero-order valence-electron chi connectivity index (χ0n) is 13.3. The van der Waals surface area contributed by atoms with Gasteiger partial charge in [-0.1, -0.05) is 12.1 Å². The Morgan fingerprint density at radius 3 is 2.75 bits per heavy atom. The maximum Gasteiger partial charge on any atom is 0.573 e. The first kappa shape index (κ1) is 17.2. The topological polar surface area (TPSA) is 34.1 Å². The zero-order chi connectivity index (χ0) is 17.2. The van der Waals surface area contributed by atoms with Crippen LogP contribution in [0.25, 0.3) is 0 Å². The van der Waals surface area contributed by atoms with Crippen molar-refractivity contribution in [2.45, 2.75) is 38.5 Å². The Labute approximate surface area is 142 Å². The summed E-state index contributed by atoms with van der Waals surface area (Å²) >= 11 is 1.68. The van der Waals surface area contributed by atoms with Crippen LogP contribution in [0.2, 0.25) is 0 Å². The summed E-state index contributed by atoms with van der Waals surface area (Å²) in [4.78, 5) is 5.93. The Morgan fingerprint density at radius 2 is 2.04 bits per heavy atom. The minimum atomic E-state index is -4.67. The van der Waals surface area contributed by atoms with Crippen LogP contribution >= 0.6 is 11.3 Å². The molecular formula is C17H19F3N2OS. The molecule has 1 aliphatic rings. The predicted molar refractivity (Wildman–Crippen MR) is 87.6 cm³/mol. The molecule has 1 aromatic carbocycles. The standard InChI is InChI=1S/C17H19F3N2OS/c1-11-16(13-5-7-21-8-6-13)24-15(22-11)10-12-3-2-4-14(9-12)23-17(18,19)20/h2-4,9,13,21H,5-8,10H2,1H3. The molecule has 0 bridgehead atoms. The minimum absolute atomic E-state index is 0.188. The van der Waals surface area contributed by atoms with E-state index in [1.54, 1.807) is 23.5 Å². The van der Waals surface area contributed by atoms with E-state index >= 15 is 0 Å². The molecule has 3 nitrogen and oxygen atoms in total. The highest BCUT2D eigenvalue weighted by atomic mass is 32.1. The zero-order valence-corrected chi connectivity index (χ0v) is 14.1. The number of aromatic nitrogens is 1. The van der Waals surface area contributed by atoms with Gasteiger partial charge in [-0.15, -0.1) is 24.5 Å². The fraction of sp³-hybridized carbons (Fsp3) is 0.471. The number of hydrogen-bond acceptors (Lipinski definition) is 4. The molecule has 1 N–H and O–H groups in total. The predicted octanol–water partition coefficient (Wildman–Crippen LogP) is 4.41. The smallest absolute Gasteiger partial charge is 0.406 e. The molecule has 2 heterocycles. The van der Waals surface area contributed by atoms with Crippen LogP contribution in [-0.2, 0) is 6.42 Å². The van der Waals surface area contributed by atoms with Crippen LogP contribution < -0.4 is 10.1 Å². The van der Waals surface area contributed by atoms with E-state index in [0.29, 0.717) is 12.3 Å². The molecule has 7 heteroatoms. The number of nitrogens with one attached hydrogen (secondary N) is 1. The van der Waals surface area contributed by atoms with Crippen molar-refractivity contribution in [3.63, 3.8) is 0 Å². The maximum absolute atomic E-state index is 12.3. The second-order valence-electron chi connectivity index (χ2n) is 5.95. The first-order valence-corrected chi connectivity index (χ1v) is 8.74. The molecule has 0 unspecified atom stereocenters. The van der Waals surface area contributed by atoms with E-state index < -0.39 is 6.36 Å². The molecule has 0 spiro atoms. The molecule has 24 heavy (non-hydrogen) atoms. The summed E-state index contributed by atoms with van der Waals surface area (Å²) in [5.74, 6) is 0.351. The third kappa shape index (κ3) is 4.48. The van der Waals surface area contributed by atoms with Crippen LogP contribution in [0.1, 0.15) is 39.9 Å². The number of nitrogens with zero attached hydrogens (tertiary/aromatic N) is 1. The molecule has 0 saturated carbocycles. The van der Waals surface area contributed by atoms with Crippen molar-refractivity contribution >= 4 is 11.3 Å². The molecule has 1 saturated heterocycles. The molecule has 1 fully saturated rings. The van der Waals surface area contributed by atoms with Gasteiger partial charge >= 0.3 is 6.36 Å². The van der Waals surface area contributed by atoms with Gasteiger partial charge in [0.25, 0.3) is 0 Å². The lowest BCUT2D eigenvalue weighted by atomic mass is 9.96. The summed E-state index contributed by atoms with van der Waals surface area (Å²) in [5.41, 5.74) is 1.81. The second kappa shape index (κ2) is 7.11. The highest BCUT2D eigenvalue weighted by Gasteiger charge is 2.31. The number of halogens is 3. The molecule has 130 valence electrons. The van der Waals surface area contributed by atoms with Gasteiger partial charge in [-0.3, -0.25) is 0 Å². The number of benzene rings is 1. The first-order chi connectivity index (χ1) is 11.4. The molecule has 0 aliphatic carbocycles. The summed E-state index contributed by atoms with van der Waals surface area (Å²) in [7, 11) is 0. The minimum Gasteiger partial charge on any atom is -0.406 e. The van der Waals surface area contributed by atoms with Crippen molar-refractivity contribution in [1.82, 2.24) is 10.3 Å². The van der Waals surface area contributed by atoms with Gasteiger partial charge < -0.3 is 10.1 Å². The summed E-state index contributed by atoms with van der Waals surface area (Å²) in [6.45, 7) is 4.06. The van der Waals surface area contributed by atoms with E-state index in [4.69, 9.17) is 0 Å². The Hall–Kier alpha value is -1.60. The van der Waals surface area contributed by atoms with Crippen molar-refractivity contribution in [2.75, 3.05) is 13.1 Å². The number of rotatable bonds is 4. The van der Waals surface area contributed by atoms with Gasteiger partial charge in [0.1, 0.15) is 5.75 Å². The van der Waals surface area contributed by atoms with Crippen molar-refractivity contribution < 1.29 is 17.9 Å². The van der Waals surface area contributed by atoms with Gasteiger partial charge in [-0.25, -0.2) is 4.98 Å². The Balaban J connectivity index is 1.73. The molecule has 1 aliphatic heterocycles. The van der Waals surface area contributed by atoms with Crippen molar-refractivity contribution in [2.24, 2.45) is 0 Å². The quantitative estimate of drug-likeness (QED) is 0.881. The highest BCUT2D eigenvalue weighted by molar-refractivity contribution is 7.11. The first-order valence-electron chi connectivity index (χ1n) is 7.92. The van der Waals surface area contributed by atoms with Gasteiger partial charge in [0.15, 0.2) is 0 Å². The van der Waals surface area contributed by atoms with Crippen molar-refractivity contribution in [3.8, 4) is 5.75 Å². The number of alkyl halides is 3. The van der Waals surface area contributed by atoms with Gasteiger partial charge in [0, 0.05) is 11.3 Å². The van der Waals surface area contributed by atoms with Crippen LogP contribution in [-0.4, -0.2) is 24.4 Å². The average molecular weight is 356 g/mol. The van der Waals surface area contributed by atoms with E-state index in [-0.39, 0.29) is 5.75 Å². The summed E-state index contributed by atoms with van der Waals surface area (Å²) in [6.07, 6.45) is -1.93. The lowest BCUT2D eigenvalue weighted by Crippen LogP contribution is -2.26. The molecule has 0 atom stereocenters. The normalized spacial score (nSPS) is 16.3. The van der Waals surface area contributed by atoms with Crippen LogP contribution in [0.5, 0.6) is 5.75 Å². The van der Waals surface area contributed by atoms with Gasteiger partial charge in [0.05, 0.1) is 10.7 Å². The van der Waals surface area contributed by atoms with E-state index in [1.165, 1.54) is 17.0 Å². The number of thiazole rings is 1. The van der Waals surface area contributed by atoms with Crippen molar-refractivity contribution in [1.29, 1.82) is 0 Å². The van der Waals surface area contributed by atoms with E-state index in [9.17, 15) is 13.2 Å². The maximum atomic E-state index is 12.3. The van der Waals surface area contributed by atoms with Gasteiger partial charge in [-0.2, -0.15) is 0 Å². The Morgan fingerprint density at radius 1 is 1.29 bits per heavy atom. The molecule has 0 amide bonds. The number of hydrogen-bond donors (Lipinski definition) is 1. The van der Waals surface area contributed by atoms with Crippen molar-refractivity contribution in [3.05, 3.63) is 45.4 Å². The van der Waals surface area contributed by atoms with Crippen LogP contribution in [0.3, 0.4) is 0 Å². The monoisotopic (exact) mass is 356 g/mol. The van der Waals surface area contributed by atoms with E-state index in [0.717, 1.165) is 42.2 Å². The summed E-state index contributed by atoms with van der Waals surface area (Å²) < 4.78 is 41.0.